The first kappa shape index (κ1) is 37.9. The van der Waals surface area contributed by atoms with Crippen LogP contribution in [-0.4, -0.2) is 109 Å². The van der Waals surface area contributed by atoms with Gasteiger partial charge in [0.1, 0.15) is 24.2 Å². The molecule has 0 saturated carbocycles. The summed E-state index contributed by atoms with van der Waals surface area (Å²) in [6.45, 7) is 10.5. The van der Waals surface area contributed by atoms with E-state index < -0.39 is 17.7 Å². The van der Waals surface area contributed by atoms with E-state index in [4.69, 9.17) is 4.74 Å². The fourth-order valence-corrected chi connectivity index (χ4v) is 5.78. The molecule has 1 rings (SSSR count). The highest BCUT2D eigenvalue weighted by atomic mass is 16.5. The van der Waals surface area contributed by atoms with Crippen LogP contribution in [0.2, 0.25) is 0 Å². The summed E-state index contributed by atoms with van der Waals surface area (Å²) >= 11 is 0. The lowest BCUT2D eigenvalue weighted by Gasteiger charge is -2.40. The molecule has 0 radical (unpaired) electrons. The van der Waals surface area contributed by atoms with Crippen molar-refractivity contribution in [1.82, 2.24) is 20.0 Å². The highest BCUT2D eigenvalue weighted by Crippen LogP contribution is 2.31. The molecule has 1 aliphatic heterocycles. The Balaban J connectivity index is 2.90. The van der Waals surface area contributed by atoms with E-state index in [2.05, 4.69) is 5.32 Å². The first-order chi connectivity index (χ1) is 20.3. The Labute approximate surface area is 257 Å². The predicted molar refractivity (Wildman–Crippen MR) is 165 cm³/mol. The maximum absolute atomic E-state index is 13.8. The van der Waals surface area contributed by atoms with Crippen molar-refractivity contribution < 1.29 is 33.5 Å². The average Bonchev–Trinajstić information content (AvgIpc) is 3.39. The molecule has 0 spiro atoms. The number of nitrogens with zero attached hydrogens (tertiary/aromatic N) is 3. The first-order valence-electron chi connectivity index (χ1n) is 15.5. The van der Waals surface area contributed by atoms with Gasteiger partial charge in [0.25, 0.3) is 0 Å². The van der Waals surface area contributed by atoms with Crippen LogP contribution in [0.3, 0.4) is 0 Å². The molecule has 5 atom stereocenters. The summed E-state index contributed by atoms with van der Waals surface area (Å²) in [4.78, 5) is 79.2. The Morgan fingerprint density at radius 2 is 1.74 bits per heavy atom. The molecule has 244 valence electrons. The molecular formula is C32H54N4O7. The van der Waals surface area contributed by atoms with Gasteiger partial charge in [-0.25, -0.2) is 0 Å². The zero-order valence-electron chi connectivity index (χ0n) is 27.5. The Morgan fingerprint density at radius 1 is 1.07 bits per heavy atom. The van der Waals surface area contributed by atoms with E-state index in [0.29, 0.717) is 45.1 Å². The highest BCUT2D eigenvalue weighted by Gasteiger charge is 2.47. The van der Waals surface area contributed by atoms with Gasteiger partial charge in [0.05, 0.1) is 12.1 Å². The Kier molecular flexibility index (Phi) is 16.4. The van der Waals surface area contributed by atoms with E-state index >= 15 is 0 Å². The number of hydrogen-bond donors (Lipinski definition) is 1. The fourth-order valence-electron chi connectivity index (χ4n) is 5.78. The van der Waals surface area contributed by atoms with Gasteiger partial charge in [-0.2, -0.15) is 0 Å². The fraction of sp³-hybridized carbons (Fsp3) is 0.750. The molecule has 4 amide bonds. The minimum atomic E-state index is -1.07. The van der Waals surface area contributed by atoms with Gasteiger partial charge < -0.3 is 29.5 Å². The van der Waals surface area contributed by atoms with E-state index in [1.165, 1.54) is 18.1 Å². The van der Waals surface area contributed by atoms with Crippen LogP contribution in [-0.2, 0) is 33.5 Å². The Morgan fingerprint density at radius 3 is 2.30 bits per heavy atom. The van der Waals surface area contributed by atoms with Crippen LogP contribution in [0.5, 0.6) is 0 Å². The smallest absolute Gasteiger partial charge is 0.246 e. The quantitative estimate of drug-likeness (QED) is 0.136. The van der Waals surface area contributed by atoms with Gasteiger partial charge in [-0.3, -0.25) is 24.0 Å². The molecule has 1 fully saturated rings. The number of likely N-dealkylation sites (tertiary alicyclic amines) is 1. The second-order valence-corrected chi connectivity index (χ2v) is 12.2. The molecule has 43 heavy (non-hydrogen) atoms. The summed E-state index contributed by atoms with van der Waals surface area (Å²) < 4.78 is 5.60. The predicted octanol–water partition coefficient (Wildman–Crippen LogP) is 2.76. The standard InChI is InChI=1S/C32H54N4O7/c1-9-24(4)29(25(43-8)17-22-38)35(7)30(41)28(23(2)3)33-31(42)32(5)18-14-20-36(32)27(40)15-11-10-12-19-34(6)26(39)16-13-21-37/h13,16,21-25,28-29H,9-12,14-15,17-20H2,1-8H3,(H,33,42)/b16-13-/t24?,25?,28-,29?,32-/m0/s1. The molecule has 11 nitrogen and oxygen atoms in total. The summed E-state index contributed by atoms with van der Waals surface area (Å²) in [5.41, 5.74) is -1.07. The second kappa shape index (κ2) is 18.6. The number of rotatable bonds is 19. The van der Waals surface area contributed by atoms with E-state index in [1.807, 2.05) is 27.7 Å². The van der Waals surface area contributed by atoms with Crippen molar-refractivity contribution in [2.24, 2.45) is 11.8 Å². The molecule has 0 aliphatic carbocycles. The number of hydrogen-bond acceptors (Lipinski definition) is 7. The van der Waals surface area contributed by atoms with E-state index in [9.17, 15) is 28.8 Å². The van der Waals surface area contributed by atoms with Crippen molar-refractivity contribution in [3.05, 3.63) is 12.2 Å². The minimum absolute atomic E-state index is 0.0583. The summed E-state index contributed by atoms with van der Waals surface area (Å²) in [7, 11) is 4.89. The average molecular weight is 607 g/mol. The minimum Gasteiger partial charge on any atom is -0.379 e. The molecule has 0 bridgehead atoms. The molecule has 0 aromatic carbocycles. The van der Waals surface area contributed by atoms with Gasteiger partial charge in [-0.1, -0.05) is 40.5 Å². The maximum atomic E-state index is 13.8. The monoisotopic (exact) mass is 606 g/mol. The number of aldehydes is 2. The number of unbranched alkanes of at least 4 members (excludes halogenated alkanes) is 2. The lowest BCUT2D eigenvalue weighted by Crippen LogP contribution is -2.62. The number of carbonyl (C=O) groups is 6. The highest BCUT2D eigenvalue weighted by molar-refractivity contribution is 5.95. The van der Waals surface area contributed by atoms with Crippen LogP contribution >= 0.6 is 0 Å². The van der Waals surface area contributed by atoms with Gasteiger partial charge in [0.15, 0.2) is 0 Å². The van der Waals surface area contributed by atoms with Crippen LogP contribution < -0.4 is 5.32 Å². The molecule has 0 aromatic rings. The Hall–Kier alpha value is -3.08. The largest absolute Gasteiger partial charge is 0.379 e. The van der Waals surface area contributed by atoms with Crippen molar-refractivity contribution in [3.8, 4) is 0 Å². The Bertz CT molecular complexity index is 985. The lowest BCUT2D eigenvalue weighted by molar-refractivity contribution is -0.148. The number of likely N-dealkylation sites (N-methyl/N-ethyl adjacent to an activating group) is 2. The third-order valence-corrected chi connectivity index (χ3v) is 8.76. The first-order valence-corrected chi connectivity index (χ1v) is 15.5. The van der Waals surface area contributed by atoms with Crippen molar-refractivity contribution in [2.45, 2.75) is 110 Å². The molecule has 3 unspecified atom stereocenters. The zero-order valence-corrected chi connectivity index (χ0v) is 27.5. The van der Waals surface area contributed by atoms with Gasteiger partial charge in [0, 0.05) is 53.2 Å². The van der Waals surface area contributed by atoms with Crippen molar-refractivity contribution >= 4 is 36.2 Å². The van der Waals surface area contributed by atoms with Gasteiger partial charge in [0.2, 0.25) is 23.6 Å². The van der Waals surface area contributed by atoms with E-state index in [1.54, 1.807) is 30.8 Å². The topological polar surface area (TPSA) is 133 Å². The molecule has 11 heteroatoms. The third kappa shape index (κ3) is 10.5. The SMILES string of the molecule is CCC(C)C(C(CC=O)OC)N(C)C(=O)[C@@H](NC(=O)[C@]1(C)CCCN1C(=O)CCCCCN(C)C(=O)/C=C\C=O)C(C)C. The normalized spacial score (nSPS) is 19.5. The molecule has 1 N–H and O–H groups in total. The maximum Gasteiger partial charge on any atom is 0.246 e. The zero-order chi connectivity index (χ0) is 32.7. The summed E-state index contributed by atoms with van der Waals surface area (Å²) in [5.74, 6) is -1.11. The number of carbonyl (C=O) groups excluding carboxylic acids is 6. The van der Waals surface area contributed by atoms with Crippen molar-refractivity contribution in [2.75, 3.05) is 34.3 Å². The second-order valence-electron chi connectivity index (χ2n) is 12.2. The lowest BCUT2D eigenvalue weighted by atomic mass is 9.90. The summed E-state index contributed by atoms with van der Waals surface area (Å²) in [5, 5.41) is 2.98. The van der Waals surface area contributed by atoms with Crippen LogP contribution in [0.4, 0.5) is 0 Å². The van der Waals surface area contributed by atoms with Gasteiger partial charge >= 0.3 is 0 Å². The van der Waals surface area contributed by atoms with Crippen LogP contribution in [0.25, 0.3) is 0 Å². The van der Waals surface area contributed by atoms with Crippen molar-refractivity contribution in [1.29, 1.82) is 0 Å². The number of allylic oxidation sites excluding steroid dienone is 1. The molecule has 0 aromatic heterocycles. The van der Waals surface area contributed by atoms with E-state index in [-0.39, 0.29) is 54.3 Å². The van der Waals surface area contributed by atoms with Crippen LogP contribution in [0.1, 0.15) is 86.0 Å². The molecule has 1 heterocycles. The molecule has 1 saturated heterocycles. The summed E-state index contributed by atoms with van der Waals surface area (Å²) in [6.07, 6.45) is 7.75. The van der Waals surface area contributed by atoms with Gasteiger partial charge in [-0.05, 0) is 50.5 Å². The number of amides is 4. The van der Waals surface area contributed by atoms with Crippen molar-refractivity contribution in [3.63, 3.8) is 0 Å². The third-order valence-electron chi connectivity index (χ3n) is 8.76. The number of ether oxygens (including phenoxy) is 1. The summed E-state index contributed by atoms with van der Waals surface area (Å²) in [6, 6.07) is -1.16. The van der Waals surface area contributed by atoms with E-state index in [0.717, 1.165) is 25.2 Å². The van der Waals surface area contributed by atoms with Crippen LogP contribution in [0, 0.1) is 11.8 Å². The van der Waals surface area contributed by atoms with Crippen LogP contribution in [0.15, 0.2) is 12.2 Å². The molecule has 1 aliphatic rings. The number of methoxy groups -OCH3 is 1. The molecular weight excluding hydrogens is 552 g/mol. The number of nitrogens with one attached hydrogen (secondary N) is 1. The van der Waals surface area contributed by atoms with Gasteiger partial charge in [-0.15, -0.1) is 0 Å².